The molecule has 0 spiro atoms. The Morgan fingerprint density at radius 2 is 1.92 bits per heavy atom. The van der Waals surface area contributed by atoms with Crippen LogP contribution in [0, 0.1) is 0 Å². The highest BCUT2D eigenvalue weighted by atomic mass is 32.1. The van der Waals surface area contributed by atoms with Crippen molar-refractivity contribution in [2.75, 3.05) is 24.5 Å². The fraction of sp³-hybridized carbons (Fsp3) is 0.476. The number of anilines is 1. The van der Waals surface area contributed by atoms with Crippen LogP contribution in [0.5, 0.6) is 0 Å². The Morgan fingerprint density at radius 1 is 1.15 bits per heavy atom. The van der Waals surface area contributed by atoms with Crippen LogP contribution in [0.4, 0.5) is 10.5 Å². The summed E-state index contributed by atoms with van der Waals surface area (Å²) in [7, 11) is 0. The lowest BCUT2D eigenvalue weighted by atomic mass is 9.98. The lowest BCUT2D eigenvalue weighted by Crippen LogP contribution is -2.51. The first kappa shape index (κ1) is 17.4. The third kappa shape index (κ3) is 3.45. The summed E-state index contributed by atoms with van der Waals surface area (Å²) in [6, 6.07) is 13.4. The molecule has 2 aliphatic rings. The first-order valence-electron chi connectivity index (χ1n) is 9.69. The molecule has 138 valence electrons. The second kappa shape index (κ2) is 7.70. The van der Waals surface area contributed by atoms with Crippen LogP contribution in [0.2, 0.25) is 0 Å². The third-order valence-corrected chi connectivity index (χ3v) is 6.68. The SMILES string of the molecule is CCC1c2ccsc2CCN1C(=O)NC1CCN(c2ccccc2)CC1. The molecule has 4 nitrogen and oxygen atoms in total. The normalized spacial score (nSPS) is 20.7. The fourth-order valence-corrected chi connectivity index (χ4v) is 5.19. The van der Waals surface area contributed by atoms with E-state index in [1.807, 2.05) is 11.3 Å². The molecule has 0 bridgehead atoms. The smallest absolute Gasteiger partial charge is 0.318 e. The molecule has 3 heterocycles. The van der Waals surface area contributed by atoms with Crippen molar-refractivity contribution >= 4 is 23.1 Å². The first-order valence-corrected chi connectivity index (χ1v) is 10.6. The maximum atomic E-state index is 12.9. The Hall–Kier alpha value is -2.01. The Bertz CT molecular complexity index is 737. The summed E-state index contributed by atoms with van der Waals surface area (Å²) in [5.74, 6) is 0. The van der Waals surface area contributed by atoms with Crippen LogP contribution in [0.1, 0.15) is 42.7 Å². The van der Waals surface area contributed by atoms with E-state index >= 15 is 0 Å². The maximum Gasteiger partial charge on any atom is 0.318 e. The molecule has 26 heavy (non-hydrogen) atoms. The number of benzene rings is 1. The summed E-state index contributed by atoms with van der Waals surface area (Å²) in [6.45, 7) is 5.01. The van der Waals surface area contributed by atoms with Crippen molar-refractivity contribution in [3.8, 4) is 0 Å². The van der Waals surface area contributed by atoms with Crippen LogP contribution >= 0.6 is 11.3 Å². The molecule has 1 unspecified atom stereocenters. The molecule has 2 aromatic rings. The molecule has 1 atom stereocenters. The van der Waals surface area contributed by atoms with Gasteiger partial charge in [-0.15, -0.1) is 11.3 Å². The van der Waals surface area contributed by atoms with E-state index in [-0.39, 0.29) is 18.1 Å². The van der Waals surface area contributed by atoms with E-state index in [0.29, 0.717) is 0 Å². The first-order chi connectivity index (χ1) is 12.8. The Kier molecular flexibility index (Phi) is 5.16. The summed E-state index contributed by atoms with van der Waals surface area (Å²) in [5, 5.41) is 5.47. The van der Waals surface area contributed by atoms with E-state index in [0.717, 1.165) is 45.3 Å². The van der Waals surface area contributed by atoms with Crippen LogP contribution in [0.3, 0.4) is 0 Å². The van der Waals surface area contributed by atoms with E-state index in [4.69, 9.17) is 0 Å². The number of nitrogens with one attached hydrogen (secondary N) is 1. The monoisotopic (exact) mass is 369 g/mol. The van der Waals surface area contributed by atoms with Crippen molar-refractivity contribution < 1.29 is 4.79 Å². The molecule has 1 fully saturated rings. The minimum atomic E-state index is 0.117. The second-order valence-corrected chi connectivity index (χ2v) is 8.21. The molecule has 0 saturated carbocycles. The van der Waals surface area contributed by atoms with Gasteiger partial charge < -0.3 is 15.1 Å². The van der Waals surface area contributed by atoms with Crippen molar-refractivity contribution in [3.05, 3.63) is 52.2 Å². The number of fused-ring (bicyclic) bond motifs is 1. The number of carbonyl (C=O) groups excluding carboxylic acids is 1. The number of rotatable bonds is 3. The highest BCUT2D eigenvalue weighted by Crippen LogP contribution is 2.35. The standard InChI is InChI=1S/C21H27N3OS/c1-2-19-18-11-15-26-20(18)10-14-24(19)21(25)22-16-8-12-23(13-9-16)17-6-4-3-5-7-17/h3-7,11,15-16,19H,2,8-10,12-14H2,1H3,(H,22,25). The zero-order valence-corrected chi connectivity index (χ0v) is 16.2. The van der Waals surface area contributed by atoms with Crippen molar-refractivity contribution in [1.29, 1.82) is 0 Å². The summed E-state index contributed by atoms with van der Waals surface area (Å²) >= 11 is 1.83. The number of urea groups is 1. The summed E-state index contributed by atoms with van der Waals surface area (Å²) in [6.07, 6.45) is 3.98. The number of carbonyl (C=O) groups is 1. The summed E-state index contributed by atoms with van der Waals surface area (Å²) < 4.78 is 0. The van der Waals surface area contributed by atoms with Crippen LogP contribution in [-0.4, -0.2) is 36.6 Å². The zero-order chi connectivity index (χ0) is 17.9. The van der Waals surface area contributed by atoms with Crippen LogP contribution in [0.25, 0.3) is 0 Å². The third-order valence-electron chi connectivity index (χ3n) is 5.69. The second-order valence-electron chi connectivity index (χ2n) is 7.21. The molecule has 1 saturated heterocycles. The molecule has 0 radical (unpaired) electrons. The van der Waals surface area contributed by atoms with Gasteiger partial charge in [-0.2, -0.15) is 0 Å². The summed E-state index contributed by atoms with van der Waals surface area (Å²) in [5.41, 5.74) is 2.64. The van der Waals surface area contributed by atoms with Gasteiger partial charge in [-0.1, -0.05) is 25.1 Å². The average molecular weight is 370 g/mol. The number of nitrogens with zero attached hydrogens (tertiary/aromatic N) is 2. The quantitative estimate of drug-likeness (QED) is 0.868. The number of thiophene rings is 1. The molecule has 4 rings (SSSR count). The van der Waals surface area contributed by atoms with Crippen LogP contribution < -0.4 is 10.2 Å². The van der Waals surface area contributed by atoms with Gasteiger partial charge in [0, 0.05) is 36.2 Å². The lowest BCUT2D eigenvalue weighted by Gasteiger charge is -2.38. The lowest BCUT2D eigenvalue weighted by molar-refractivity contribution is 0.162. The zero-order valence-electron chi connectivity index (χ0n) is 15.4. The molecule has 2 aliphatic heterocycles. The largest absolute Gasteiger partial charge is 0.371 e. The number of piperidine rings is 1. The maximum absolute atomic E-state index is 12.9. The molecule has 2 amide bonds. The Morgan fingerprint density at radius 3 is 2.65 bits per heavy atom. The van der Waals surface area contributed by atoms with Gasteiger partial charge in [-0.25, -0.2) is 4.79 Å². The van der Waals surface area contributed by atoms with E-state index in [2.05, 4.69) is 63.8 Å². The van der Waals surface area contributed by atoms with Crippen molar-refractivity contribution in [2.24, 2.45) is 0 Å². The molecular formula is C21H27N3OS. The van der Waals surface area contributed by atoms with E-state index in [1.54, 1.807) is 0 Å². The minimum Gasteiger partial charge on any atom is -0.371 e. The minimum absolute atomic E-state index is 0.117. The van der Waals surface area contributed by atoms with Gasteiger partial charge in [0.1, 0.15) is 0 Å². The Labute approximate surface area is 159 Å². The number of hydrogen-bond donors (Lipinski definition) is 1. The van der Waals surface area contributed by atoms with Gasteiger partial charge in [-0.05, 0) is 54.8 Å². The molecule has 5 heteroatoms. The van der Waals surface area contributed by atoms with Crippen molar-refractivity contribution in [1.82, 2.24) is 10.2 Å². The summed E-state index contributed by atoms with van der Waals surface area (Å²) in [4.78, 5) is 18.8. The Balaban J connectivity index is 1.34. The molecule has 1 N–H and O–H groups in total. The number of para-hydroxylation sites is 1. The van der Waals surface area contributed by atoms with Gasteiger partial charge >= 0.3 is 6.03 Å². The molecule has 0 aliphatic carbocycles. The molecule has 1 aromatic heterocycles. The number of amides is 2. The molecular weight excluding hydrogens is 342 g/mol. The highest BCUT2D eigenvalue weighted by molar-refractivity contribution is 7.10. The molecule has 1 aromatic carbocycles. The van der Waals surface area contributed by atoms with Gasteiger partial charge in [-0.3, -0.25) is 0 Å². The predicted octanol–water partition coefficient (Wildman–Crippen LogP) is 4.44. The highest BCUT2D eigenvalue weighted by Gasteiger charge is 2.31. The number of hydrogen-bond acceptors (Lipinski definition) is 3. The van der Waals surface area contributed by atoms with Crippen LogP contribution in [0.15, 0.2) is 41.8 Å². The topological polar surface area (TPSA) is 35.6 Å². The van der Waals surface area contributed by atoms with Crippen LogP contribution in [-0.2, 0) is 6.42 Å². The fourth-order valence-electron chi connectivity index (χ4n) is 4.26. The van der Waals surface area contributed by atoms with Gasteiger partial charge in [0.2, 0.25) is 0 Å². The van der Waals surface area contributed by atoms with Gasteiger partial charge in [0.05, 0.1) is 6.04 Å². The average Bonchev–Trinajstić information content (AvgIpc) is 3.17. The van der Waals surface area contributed by atoms with E-state index in [9.17, 15) is 4.79 Å². The van der Waals surface area contributed by atoms with Crippen molar-refractivity contribution in [3.63, 3.8) is 0 Å². The predicted molar refractivity (Wildman–Crippen MR) is 108 cm³/mol. The van der Waals surface area contributed by atoms with E-state index in [1.165, 1.54) is 16.1 Å². The van der Waals surface area contributed by atoms with Gasteiger partial charge in [0.15, 0.2) is 0 Å². The van der Waals surface area contributed by atoms with E-state index < -0.39 is 0 Å². The van der Waals surface area contributed by atoms with Gasteiger partial charge in [0.25, 0.3) is 0 Å². The van der Waals surface area contributed by atoms with Crippen molar-refractivity contribution in [2.45, 2.75) is 44.7 Å².